The highest BCUT2D eigenvalue weighted by molar-refractivity contribution is 7.20. The minimum Gasteiger partial charge on any atom is -0.383 e. The Kier molecular flexibility index (Phi) is 5.55. The molecule has 1 aliphatic heterocycles. The number of thiophene rings is 1. The predicted molar refractivity (Wildman–Crippen MR) is 126 cm³/mol. The van der Waals surface area contributed by atoms with Crippen LogP contribution in [0.2, 0.25) is 0 Å². The lowest BCUT2D eigenvalue weighted by Gasteiger charge is -2.21. The molecular weight excluding hydrogens is 442 g/mol. The van der Waals surface area contributed by atoms with Gasteiger partial charge in [0.25, 0.3) is 17.0 Å². The molecule has 5 rings (SSSR count). The first kappa shape index (κ1) is 21.5. The fraction of sp³-hybridized carbons (Fsp3) is 0.348. The standard InChI is InChI=1S/C23H23N5O4S/c1-13-18-21(26-17-8-5-9-28(17)22(18)30)33-19(13)23(31)27(10-11-32-2)12-16-24-15-7-4-3-6-14(15)20(29)25-16/h3-4,6-7H,5,8-12H2,1-2H3,(H,24,25,29). The van der Waals surface area contributed by atoms with Gasteiger partial charge < -0.3 is 14.6 Å². The molecule has 10 heteroatoms. The second-order valence-electron chi connectivity index (χ2n) is 8.07. The molecule has 0 aliphatic carbocycles. The maximum Gasteiger partial charge on any atom is 0.264 e. The first-order chi connectivity index (χ1) is 16.0. The van der Waals surface area contributed by atoms with Crippen molar-refractivity contribution in [1.29, 1.82) is 0 Å². The molecule has 0 saturated heterocycles. The van der Waals surface area contributed by atoms with Gasteiger partial charge >= 0.3 is 0 Å². The lowest BCUT2D eigenvalue weighted by atomic mass is 10.2. The summed E-state index contributed by atoms with van der Waals surface area (Å²) in [7, 11) is 1.57. The second kappa shape index (κ2) is 8.53. The first-order valence-electron chi connectivity index (χ1n) is 10.8. The van der Waals surface area contributed by atoms with Crippen molar-refractivity contribution in [2.24, 2.45) is 0 Å². The number of aryl methyl sites for hydroxylation is 2. The summed E-state index contributed by atoms with van der Waals surface area (Å²) in [5.74, 6) is 0.925. The number of fused-ring (bicyclic) bond motifs is 3. The number of hydrogen-bond donors (Lipinski definition) is 1. The molecule has 1 amide bonds. The molecule has 0 spiro atoms. The number of carbonyl (C=O) groups is 1. The van der Waals surface area contributed by atoms with E-state index in [9.17, 15) is 14.4 Å². The molecule has 0 saturated carbocycles. The fourth-order valence-electron chi connectivity index (χ4n) is 4.27. The van der Waals surface area contributed by atoms with Gasteiger partial charge in [-0.2, -0.15) is 0 Å². The Morgan fingerprint density at radius 3 is 2.91 bits per heavy atom. The first-order valence-corrected chi connectivity index (χ1v) is 11.6. The summed E-state index contributed by atoms with van der Waals surface area (Å²) >= 11 is 1.24. The number of benzene rings is 1. The van der Waals surface area contributed by atoms with Crippen molar-refractivity contribution in [3.05, 3.63) is 67.1 Å². The third kappa shape index (κ3) is 3.75. The molecule has 4 aromatic rings. The van der Waals surface area contributed by atoms with Gasteiger partial charge in [0.1, 0.15) is 16.5 Å². The largest absolute Gasteiger partial charge is 0.383 e. The molecule has 1 aromatic carbocycles. The maximum absolute atomic E-state index is 13.6. The van der Waals surface area contributed by atoms with Crippen LogP contribution < -0.4 is 11.1 Å². The Morgan fingerprint density at radius 2 is 2.09 bits per heavy atom. The van der Waals surface area contributed by atoms with Crippen molar-refractivity contribution in [3.63, 3.8) is 0 Å². The summed E-state index contributed by atoms with van der Waals surface area (Å²) in [5, 5.41) is 1.01. The number of para-hydroxylation sites is 1. The van der Waals surface area contributed by atoms with Crippen LogP contribution >= 0.6 is 11.3 Å². The molecular formula is C23H23N5O4S. The van der Waals surface area contributed by atoms with Crippen LogP contribution in [0.5, 0.6) is 0 Å². The Hall–Kier alpha value is -3.37. The van der Waals surface area contributed by atoms with Gasteiger partial charge in [-0.05, 0) is 31.0 Å². The van der Waals surface area contributed by atoms with Crippen LogP contribution in [0.15, 0.2) is 33.9 Å². The van der Waals surface area contributed by atoms with Crippen molar-refractivity contribution in [1.82, 2.24) is 24.4 Å². The average Bonchev–Trinajstić information content (AvgIpc) is 3.41. The number of carbonyl (C=O) groups excluding carboxylic acids is 1. The van der Waals surface area contributed by atoms with E-state index in [1.807, 2.05) is 6.07 Å². The quantitative estimate of drug-likeness (QED) is 0.468. The maximum atomic E-state index is 13.6. The zero-order valence-electron chi connectivity index (χ0n) is 18.4. The van der Waals surface area contributed by atoms with Crippen LogP contribution in [0.3, 0.4) is 0 Å². The normalized spacial score (nSPS) is 13.0. The van der Waals surface area contributed by atoms with Crippen molar-refractivity contribution in [2.45, 2.75) is 32.9 Å². The van der Waals surface area contributed by atoms with E-state index in [0.717, 1.165) is 18.7 Å². The molecule has 1 N–H and O–H groups in total. The number of aromatic amines is 1. The molecule has 170 valence electrons. The number of rotatable bonds is 6. The molecule has 0 fully saturated rings. The lowest BCUT2D eigenvalue weighted by molar-refractivity contribution is 0.0679. The molecule has 33 heavy (non-hydrogen) atoms. The second-order valence-corrected chi connectivity index (χ2v) is 9.07. The van der Waals surface area contributed by atoms with Gasteiger partial charge in [0, 0.05) is 26.6 Å². The van der Waals surface area contributed by atoms with Gasteiger partial charge in [-0.25, -0.2) is 9.97 Å². The molecule has 4 heterocycles. The summed E-state index contributed by atoms with van der Waals surface area (Å²) in [6.45, 7) is 3.20. The van der Waals surface area contributed by atoms with Gasteiger partial charge in [-0.1, -0.05) is 12.1 Å². The summed E-state index contributed by atoms with van der Waals surface area (Å²) in [4.78, 5) is 53.7. The number of nitrogens with one attached hydrogen (secondary N) is 1. The zero-order valence-corrected chi connectivity index (χ0v) is 19.2. The molecule has 0 bridgehead atoms. The average molecular weight is 466 g/mol. The predicted octanol–water partition coefficient (Wildman–Crippen LogP) is 2.24. The van der Waals surface area contributed by atoms with E-state index < -0.39 is 0 Å². The summed E-state index contributed by atoms with van der Waals surface area (Å²) in [6, 6.07) is 7.08. The van der Waals surface area contributed by atoms with E-state index >= 15 is 0 Å². The highest BCUT2D eigenvalue weighted by Crippen LogP contribution is 2.30. The number of aromatic nitrogens is 4. The van der Waals surface area contributed by atoms with Crippen molar-refractivity contribution < 1.29 is 9.53 Å². The molecule has 0 radical (unpaired) electrons. The molecule has 0 atom stereocenters. The Labute approximate surface area is 192 Å². The van der Waals surface area contributed by atoms with Gasteiger partial charge in [0.15, 0.2) is 0 Å². The lowest BCUT2D eigenvalue weighted by Crippen LogP contribution is -2.34. The minimum absolute atomic E-state index is 0.0794. The van der Waals surface area contributed by atoms with Crippen LogP contribution in [0, 0.1) is 6.92 Å². The van der Waals surface area contributed by atoms with Gasteiger partial charge in [-0.15, -0.1) is 11.3 Å². The highest BCUT2D eigenvalue weighted by Gasteiger charge is 2.26. The Bertz CT molecular complexity index is 1500. The van der Waals surface area contributed by atoms with E-state index in [4.69, 9.17) is 4.74 Å². The van der Waals surface area contributed by atoms with Crippen LogP contribution in [-0.4, -0.2) is 50.6 Å². The Morgan fingerprint density at radius 1 is 1.27 bits per heavy atom. The summed E-state index contributed by atoms with van der Waals surface area (Å²) < 4.78 is 6.91. The van der Waals surface area contributed by atoms with E-state index in [1.165, 1.54) is 11.3 Å². The van der Waals surface area contributed by atoms with Gasteiger partial charge in [-0.3, -0.25) is 19.0 Å². The van der Waals surface area contributed by atoms with Gasteiger partial charge in [0.2, 0.25) is 0 Å². The monoisotopic (exact) mass is 465 g/mol. The summed E-state index contributed by atoms with van der Waals surface area (Å²) in [5.41, 5.74) is 0.881. The molecule has 1 aliphatic rings. The fourth-order valence-corrected chi connectivity index (χ4v) is 5.43. The van der Waals surface area contributed by atoms with Crippen LogP contribution in [0.4, 0.5) is 0 Å². The van der Waals surface area contributed by atoms with E-state index in [1.54, 1.807) is 41.7 Å². The zero-order chi connectivity index (χ0) is 23.1. The number of H-pyrrole nitrogens is 1. The number of amides is 1. The van der Waals surface area contributed by atoms with E-state index in [0.29, 0.717) is 57.1 Å². The van der Waals surface area contributed by atoms with Crippen molar-refractivity contribution >= 4 is 38.4 Å². The van der Waals surface area contributed by atoms with Crippen LogP contribution in [0.1, 0.15) is 33.3 Å². The number of ether oxygens (including phenoxy) is 1. The molecule has 3 aromatic heterocycles. The van der Waals surface area contributed by atoms with Gasteiger partial charge in [0.05, 0.1) is 34.3 Å². The third-order valence-corrected chi connectivity index (χ3v) is 7.13. The van der Waals surface area contributed by atoms with Crippen molar-refractivity contribution in [3.8, 4) is 0 Å². The molecule has 9 nitrogen and oxygen atoms in total. The minimum atomic E-state index is -0.250. The van der Waals surface area contributed by atoms with Crippen LogP contribution in [0.25, 0.3) is 21.1 Å². The summed E-state index contributed by atoms with van der Waals surface area (Å²) in [6.07, 6.45) is 1.68. The number of methoxy groups -OCH3 is 1. The smallest absolute Gasteiger partial charge is 0.264 e. The van der Waals surface area contributed by atoms with Crippen molar-refractivity contribution in [2.75, 3.05) is 20.3 Å². The topological polar surface area (TPSA) is 110 Å². The SMILES string of the molecule is COCCN(Cc1nc2ccccc2c(=O)[nH]1)C(=O)c1sc2nc3n(c(=O)c2c1C)CCC3. The number of nitrogens with zero attached hydrogens (tertiary/aromatic N) is 4. The van der Waals surface area contributed by atoms with E-state index in [-0.39, 0.29) is 23.6 Å². The van der Waals surface area contributed by atoms with Crippen LogP contribution in [-0.2, 0) is 24.2 Å². The molecule has 0 unspecified atom stereocenters. The Balaban J connectivity index is 1.53. The highest BCUT2D eigenvalue weighted by atomic mass is 32.1. The number of hydrogen-bond acceptors (Lipinski definition) is 7. The third-order valence-electron chi connectivity index (χ3n) is 5.96. The van der Waals surface area contributed by atoms with E-state index in [2.05, 4.69) is 15.0 Å².